The quantitative estimate of drug-likeness (QED) is 0.287. The summed E-state index contributed by atoms with van der Waals surface area (Å²) in [6.07, 6.45) is 0. The van der Waals surface area contributed by atoms with Gasteiger partial charge in [-0.1, -0.05) is 18.2 Å². The predicted molar refractivity (Wildman–Crippen MR) is 43.7 cm³/mol. The van der Waals surface area contributed by atoms with Crippen LogP contribution >= 0.6 is 0 Å². The molecule has 1 aromatic rings. The summed E-state index contributed by atoms with van der Waals surface area (Å²) in [4.78, 5) is 0. The van der Waals surface area contributed by atoms with Crippen LogP contribution in [0.3, 0.4) is 0 Å². The third kappa shape index (κ3) is 22.5. The van der Waals surface area contributed by atoms with Gasteiger partial charge in [-0.15, -0.1) is 0 Å². The second-order valence-electron chi connectivity index (χ2n) is 1.91. The zero-order valence-corrected chi connectivity index (χ0v) is 7.00. The van der Waals surface area contributed by atoms with Crippen LogP contribution < -0.4 is 11.1 Å². The highest BCUT2D eigenvalue weighted by Gasteiger charge is 2.20. The van der Waals surface area contributed by atoms with Crippen molar-refractivity contribution in [3.05, 3.63) is 30.3 Å². The number of benzene rings is 1. The molecule has 0 heterocycles. The van der Waals surface area contributed by atoms with Crippen LogP contribution in [0.25, 0.3) is 0 Å². The highest BCUT2D eigenvalue weighted by atomic mass is 19.5. The monoisotopic (exact) mass is 209 g/mol. The molecule has 0 amide bonds. The van der Waals surface area contributed by atoms with Gasteiger partial charge in [-0.2, -0.15) is 0 Å². The van der Waals surface area contributed by atoms with Crippen LogP contribution in [0, 0.1) is 5.39 Å². The van der Waals surface area contributed by atoms with Gasteiger partial charge in [0.15, 0.2) is 0 Å². The molecule has 0 saturated carbocycles. The first-order valence-electron chi connectivity index (χ1n) is 3.30. The van der Waals surface area contributed by atoms with Crippen LogP contribution in [0.5, 0.6) is 0 Å². The van der Waals surface area contributed by atoms with E-state index in [4.69, 9.17) is 16.5 Å². The summed E-state index contributed by atoms with van der Waals surface area (Å²) < 4.78 is 39.0. The van der Waals surface area contributed by atoms with Crippen molar-refractivity contribution in [3.8, 4) is 0 Å². The molecule has 3 nitrogen and oxygen atoms in total. The van der Waals surface area contributed by atoms with E-state index in [2.05, 4.69) is 0 Å². The lowest BCUT2D eigenvalue weighted by atomic mass is 10.3. The molecular formula is C6H8BF4N3. The van der Waals surface area contributed by atoms with Crippen molar-refractivity contribution in [2.45, 2.75) is 0 Å². The lowest BCUT2D eigenvalue weighted by molar-refractivity contribution is -0.175. The van der Waals surface area contributed by atoms with Gasteiger partial charge in [0.05, 0.1) is 5.39 Å². The Morgan fingerprint density at radius 3 is 1.43 bits per heavy atom. The molecule has 8 heteroatoms. The summed E-state index contributed by atoms with van der Waals surface area (Å²) in [5, 5.41) is 11.0. The molecule has 0 fully saturated rings. The molecule has 1 aromatic carbocycles. The summed E-state index contributed by atoms with van der Waals surface area (Å²) in [5.74, 6) is 0. The first-order valence-corrected chi connectivity index (χ1v) is 3.30. The second-order valence-corrected chi connectivity index (χ2v) is 1.91. The first kappa shape index (κ1) is 14.7. The molecule has 0 unspecified atom stereocenters. The third-order valence-corrected chi connectivity index (χ3v) is 0.800. The topological polar surface area (TPSA) is 73.6 Å². The number of nitrogens with two attached hydrogens (primary N) is 1. The molecule has 0 atom stereocenters. The van der Waals surface area contributed by atoms with E-state index in [0.717, 1.165) is 5.69 Å². The summed E-state index contributed by atoms with van der Waals surface area (Å²) in [7, 11) is -6.00. The predicted octanol–water partition coefficient (Wildman–Crippen LogP) is 0.848. The second kappa shape index (κ2) is 7.85. The van der Waals surface area contributed by atoms with Crippen LogP contribution in [-0.4, -0.2) is 7.25 Å². The fourth-order valence-corrected chi connectivity index (χ4v) is 0.453. The Bertz CT molecular complexity index is 242. The zero-order valence-electron chi connectivity index (χ0n) is 7.00. The number of halogens is 4. The van der Waals surface area contributed by atoms with Gasteiger partial charge >= 0.3 is 7.25 Å². The maximum atomic E-state index is 9.75. The molecule has 3 N–H and O–H groups in total. The maximum Gasteiger partial charge on any atom is 0.673 e. The molecule has 0 radical (unpaired) electrons. The lowest BCUT2D eigenvalue weighted by Crippen LogP contribution is -2.11. The average molecular weight is 209 g/mol. The molecule has 14 heavy (non-hydrogen) atoms. The van der Waals surface area contributed by atoms with E-state index >= 15 is 0 Å². The first-order chi connectivity index (χ1) is 6.39. The van der Waals surface area contributed by atoms with Crippen LogP contribution in [0.2, 0.25) is 0 Å². The van der Waals surface area contributed by atoms with E-state index in [-0.39, 0.29) is 0 Å². The molecular weight excluding hydrogens is 201 g/mol. The summed E-state index contributed by atoms with van der Waals surface area (Å²) in [6, 6.07) is 9.49. The lowest BCUT2D eigenvalue weighted by Gasteiger charge is -1.94. The number of nitrogen functional groups attached to an aromatic ring is 1. The van der Waals surface area contributed by atoms with Crippen molar-refractivity contribution in [1.29, 1.82) is 5.39 Å². The number of hydrogen-bond acceptors (Lipinski definition) is 2. The van der Waals surface area contributed by atoms with Gasteiger partial charge in [0.1, 0.15) is 0 Å². The third-order valence-electron chi connectivity index (χ3n) is 0.800. The van der Waals surface area contributed by atoms with Gasteiger partial charge in [-0.05, 0) is 12.1 Å². The molecule has 0 aliphatic rings. The smallest absolute Gasteiger partial charge is 0.418 e. The van der Waals surface area contributed by atoms with E-state index in [1.165, 1.54) is 0 Å². The summed E-state index contributed by atoms with van der Waals surface area (Å²) in [5.41, 5.74) is 6.18. The van der Waals surface area contributed by atoms with Crippen molar-refractivity contribution in [3.63, 3.8) is 0 Å². The van der Waals surface area contributed by atoms with Crippen LogP contribution in [-0.2, 0) is 0 Å². The highest BCUT2D eigenvalue weighted by Crippen LogP contribution is 2.06. The van der Waals surface area contributed by atoms with Gasteiger partial charge in [0.25, 0.3) is 0 Å². The largest absolute Gasteiger partial charge is 0.673 e. The van der Waals surface area contributed by atoms with E-state index < -0.39 is 7.25 Å². The van der Waals surface area contributed by atoms with Crippen molar-refractivity contribution < 1.29 is 22.7 Å². The molecule has 78 valence electrons. The molecule has 0 aliphatic heterocycles. The van der Waals surface area contributed by atoms with E-state index in [1.807, 2.05) is 30.3 Å². The molecule has 0 spiro atoms. The number of nitrogens with zero attached hydrogens (tertiary/aromatic N) is 1. The van der Waals surface area contributed by atoms with Crippen molar-refractivity contribution in [2.24, 2.45) is 0 Å². The number of hydrogen-bond donors (Lipinski definition) is 2. The minimum Gasteiger partial charge on any atom is -0.418 e. The van der Waals surface area contributed by atoms with Crippen molar-refractivity contribution in [2.75, 3.05) is 5.73 Å². The maximum absolute atomic E-state index is 9.75. The van der Waals surface area contributed by atoms with Gasteiger partial charge in [-0.25, -0.2) is 0 Å². The number of anilines is 1. The van der Waals surface area contributed by atoms with Crippen molar-refractivity contribution >= 4 is 12.9 Å². The summed E-state index contributed by atoms with van der Waals surface area (Å²) >= 11 is 0. The molecule has 1 rings (SSSR count). The molecule has 0 bridgehead atoms. The Balaban J connectivity index is 0. The van der Waals surface area contributed by atoms with Crippen LogP contribution in [0.4, 0.5) is 23.0 Å². The molecule has 0 aromatic heterocycles. The highest BCUT2D eigenvalue weighted by molar-refractivity contribution is 6.50. The standard InChI is InChI=1S/C6H7N.BF4.N2/c7-6-4-2-1-3-5-6;2-1(3,4)5;1-2/h1-5H,7H2;;/q;-1;/p+1. The Kier molecular flexibility index (Phi) is 8.26. The minimum atomic E-state index is -6.00. The Morgan fingerprint density at radius 1 is 1.00 bits per heavy atom. The van der Waals surface area contributed by atoms with E-state index in [0.29, 0.717) is 0 Å². The Labute approximate surface area is 78.1 Å². The zero-order chi connectivity index (χ0) is 11.6. The minimum absolute atomic E-state index is 0.822. The number of diazo groups is 1. The van der Waals surface area contributed by atoms with Crippen molar-refractivity contribution in [1.82, 2.24) is 0 Å². The number of para-hydroxylation sites is 1. The normalized spacial score (nSPS) is 8.71. The fraction of sp³-hybridized carbons (Fsp3) is 0. The van der Waals surface area contributed by atoms with Gasteiger partial charge in [-0.3, -0.25) is 0 Å². The number of nitrogens with one attached hydrogen (secondary N) is 1. The summed E-state index contributed by atoms with van der Waals surface area (Å²) in [6.45, 7) is 0. The Morgan fingerprint density at radius 2 is 1.29 bits per heavy atom. The van der Waals surface area contributed by atoms with Gasteiger partial charge < -0.3 is 23.0 Å². The molecule has 0 aliphatic carbocycles. The van der Waals surface area contributed by atoms with E-state index in [9.17, 15) is 17.3 Å². The van der Waals surface area contributed by atoms with Crippen LogP contribution in [0.1, 0.15) is 0 Å². The Hall–Kier alpha value is -1.78. The van der Waals surface area contributed by atoms with Crippen LogP contribution in [0.15, 0.2) is 30.3 Å². The fourth-order valence-electron chi connectivity index (χ4n) is 0.453. The molecule has 0 saturated heterocycles. The average Bonchev–Trinajstić information content (AvgIpc) is 2.06. The number of rotatable bonds is 0. The van der Waals surface area contributed by atoms with Gasteiger partial charge in [0.2, 0.25) is 5.39 Å². The van der Waals surface area contributed by atoms with E-state index in [1.54, 1.807) is 0 Å². The SMILES string of the molecule is F[B-](F)(F)F.N#[NH+].Nc1ccccc1. The van der Waals surface area contributed by atoms with Gasteiger partial charge in [0, 0.05) is 5.69 Å².